The van der Waals surface area contributed by atoms with Crippen LogP contribution in [-0.4, -0.2) is 16.6 Å². The predicted octanol–water partition coefficient (Wildman–Crippen LogP) is 1.81. The van der Waals surface area contributed by atoms with E-state index in [1.54, 1.807) is 0 Å². The maximum Gasteiger partial charge on any atom is 0.274 e. The molecule has 0 atom stereocenters. The number of rotatable bonds is 5. The molecule has 3 rings (SSSR count). The summed E-state index contributed by atoms with van der Waals surface area (Å²) in [4.78, 5) is 24.8. The minimum atomic E-state index is -0.370. The van der Waals surface area contributed by atoms with Crippen LogP contribution in [0.3, 0.4) is 0 Å². The molecule has 1 fully saturated rings. The minimum absolute atomic E-state index is 0.0145. The van der Waals surface area contributed by atoms with Crippen LogP contribution in [0.15, 0.2) is 47.4 Å². The fourth-order valence-electron chi connectivity index (χ4n) is 2.95. The lowest BCUT2D eigenvalue weighted by atomic mass is 10.2. The van der Waals surface area contributed by atoms with Crippen molar-refractivity contribution in [3.05, 3.63) is 64.1 Å². The van der Waals surface area contributed by atoms with E-state index in [1.165, 1.54) is 12.3 Å². The fraction of sp³-hybridized carbons (Fsp3) is 0.333. The Morgan fingerprint density at radius 1 is 1.21 bits per heavy atom. The van der Waals surface area contributed by atoms with Crippen molar-refractivity contribution in [1.82, 2.24) is 9.99 Å². The Morgan fingerprint density at radius 3 is 2.62 bits per heavy atom. The Hall–Kier alpha value is -2.76. The predicted molar refractivity (Wildman–Crippen MR) is 91.3 cm³/mol. The van der Waals surface area contributed by atoms with Crippen LogP contribution >= 0.6 is 0 Å². The molecule has 1 heterocycles. The van der Waals surface area contributed by atoms with E-state index in [0.29, 0.717) is 0 Å². The van der Waals surface area contributed by atoms with Gasteiger partial charge >= 0.3 is 0 Å². The number of benzene rings is 1. The smallest absolute Gasteiger partial charge is 0.274 e. The van der Waals surface area contributed by atoms with Gasteiger partial charge in [-0.1, -0.05) is 43.2 Å². The summed E-state index contributed by atoms with van der Waals surface area (Å²) < 4.78 is 6.79. The SMILES string of the molecule is Nn1ccc(=O)c(OCc2ccccc2)c1C(=O)NC1CCCC1. The molecule has 1 aliphatic rings. The molecule has 3 N–H and O–H groups in total. The van der Waals surface area contributed by atoms with Gasteiger partial charge in [0.1, 0.15) is 6.61 Å². The number of hydrogen-bond donors (Lipinski definition) is 2. The first-order chi connectivity index (χ1) is 11.6. The maximum absolute atomic E-state index is 12.6. The van der Waals surface area contributed by atoms with Crippen LogP contribution in [-0.2, 0) is 6.61 Å². The third kappa shape index (κ3) is 3.59. The number of aromatic nitrogens is 1. The number of nitrogens with two attached hydrogens (primary N) is 1. The van der Waals surface area contributed by atoms with Crippen LogP contribution in [0.25, 0.3) is 0 Å². The number of amides is 1. The molecule has 2 aromatic rings. The molecule has 0 saturated heterocycles. The molecule has 0 unspecified atom stereocenters. The second-order valence-electron chi connectivity index (χ2n) is 5.99. The molecular formula is C18H21N3O3. The quantitative estimate of drug-likeness (QED) is 0.820. The van der Waals surface area contributed by atoms with Gasteiger partial charge in [-0.05, 0) is 18.4 Å². The van der Waals surface area contributed by atoms with Crippen molar-refractivity contribution in [3.8, 4) is 5.75 Å². The lowest BCUT2D eigenvalue weighted by Crippen LogP contribution is -2.37. The second-order valence-corrected chi connectivity index (χ2v) is 5.99. The Labute approximate surface area is 140 Å². The van der Waals surface area contributed by atoms with E-state index in [2.05, 4.69) is 5.32 Å². The third-order valence-electron chi connectivity index (χ3n) is 4.22. The van der Waals surface area contributed by atoms with Gasteiger partial charge < -0.3 is 15.9 Å². The number of hydrogen-bond acceptors (Lipinski definition) is 4. The van der Waals surface area contributed by atoms with Crippen molar-refractivity contribution in [3.63, 3.8) is 0 Å². The van der Waals surface area contributed by atoms with Crippen LogP contribution in [0.2, 0.25) is 0 Å². The summed E-state index contributed by atoms with van der Waals surface area (Å²) in [7, 11) is 0. The normalized spacial score (nSPS) is 14.5. The van der Waals surface area contributed by atoms with E-state index >= 15 is 0 Å². The maximum atomic E-state index is 12.6. The lowest BCUT2D eigenvalue weighted by Gasteiger charge is -2.17. The van der Waals surface area contributed by atoms with Crippen molar-refractivity contribution < 1.29 is 9.53 Å². The molecule has 6 heteroatoms. The molecule has 1 saturated carbocycles. The molecule has 1 aromatic heterocycles. The first-order valence-electron chi connectivity index (χ1n) is 8.13. The summed E-state index contributed by atoms with van der Waals surface area (Å²) in [6, 6.07) is 10.9. The van der Waals surface area contributed by atoms with Gasteiger partial charge in [-0.25, -0.2) is 0 Å². The minimum Gasteiger partial charge on any atom is -0.482 e. The first kappa shape index (κ1) is 16.1. The topological polar surface area (TPSA) is 86.3 Å². The average molecular weight is 327 g/mol. The number of carbonyl (C=O) groups excluding carboxylic acids is 1. The van der Waals surface area contributed by atoms with Crippen LogP contribution in [0.5, 0.6) is 5.75 Å². The molecule has 1 aromatic carbocycles. The molecule has 126 valence electrons. The van der Waals surface area contributed by atoms with Crippen molar-refractivity contribution in [1.29, 1.82) is 0 Å². The van der Waals surface area contributed by atoms with E-state index in [1.807, 2.05) is 30.3 Å². The molecule has 1 amide bonds. The van der Waals surface area contributed by atoms with Gasteiger partial charge in [-0.2, -0.15) is 0 Å². The van der Waals surface area contributed by atoms with E-state index in [-0.39, 0.29) is 35.4 Å². The van der Waals surface area contributed by atoms with Crippen molar-refractivity contribution in [2.24, 2.45) is 0 Å². The highest BCUT2D eigenvalue weighted by atomic mass is 16.5. The van der Waals surface area contributed by atoms with Gasteiger partial charge in [-0.15, -0.1) is 0 Å². The van der Waals surface area contributed by atoms with Gasteiger partial charge in [-0.3, -0.25) is 14.3 Å². The summed E-state index contributed by atoms with van der Waals surface area (Å²) in [5, 5.41) is 2.94. The molecule has 0 spiro atoms. The zero-order chi connectivity index (χ0) is 16.9. The Bertz CT molecular complexity index is 765. The summed E-state index contributed by atoms with van der Waals surface area (Å²) in [6.07, 6.45) is 5.49. The fourth-order valence-corrected chi connectivity index (χ4v) is 2.95. The van der Waals surface area contributed by atoms with E-state index in [9.17, 15) is 9.59 Å². The van der Waals surface area contributed by atoms with Crippen LogP contribution in [0, 0.1) is 0 Å². The number of ether oxygens (including phenoxy) is 1. The Morgan fingerprint density at radius 2 is 1.92 bits per heavy atom. The van der Waals surface area contributed by atoms with Crippen LogP contribution in [0.1, 0.15) is 41.7 Å². The summed E-state index contributed by atoms with van der Waals surface area (Å²) in [6.45, 7) is 0.198. The van der Waals surface area contributed by atoms with Gasteiger partial charge in [0.05, 0.1) is 0 Å². The van der Waals surface area contributed by atoms with Crippen molar-refractivity contribution in [2.75, 3.05) is 5.84 Å². The van der Waals surface area contributed by atoms with Gasteiger partial charge in [0.25, 0.3) is 5.91 Å². The highest BCUT2D eigenvalue weighted by Crippen LogP contribution is 2.20. The summed E-state index contributed by atoms with van der Waals surface area (Å²) in [5.41, 5.74) is 0.612. The molecule has 1 aliphatic carbocycles. The molecule has 24 heavy (non-hydrogen) atoms. The van der Waals surface area contributed by atoms with E-state index in [4.69, 9.17) is 10.6 Å². The molecule has 0 bridgehead atoms. The molecule has 0 aliphatic heterocycles. The average Bonchev–Trinajstić information content (AvgIpc) is 3.09. The number of nitrogens with zero attached hydrogens (tertiary/aromatic N) is 1. The largest absolute Gasteiger partial charge is 0.482 e. The molecule has 6 nitrogen and oxygen atoms in total. The standard InChI is InChI=1S/C18H21N3O3/c19-21-11-10-15(22)17(24-12-13-6-2-1-3-7-13)16(21)18(23)20-14-8-4-5-9-14/h1-3,6-7,10-11,14H,4-5,8-9,12,19H2,(H,20,23). The zero-order valence-corrected chi connectivity index (χ0v) is 13.4. The lowest BCUT2D eigenvalue weighted by molar-refractivity contribution is 0.0924. The second kappa shape index (κ2) is 7.21. The highest BCUT2D eigenvalue weighted by molar-refractivity contribution is 5.95. The number of carbonyl (C=O) groups is 1. The third-order valence-corrected chi connectivity index (χ3v) is 4.22. The highest BCUT2D eigenvalue weighted by Gasteiger charge is 2.23. The van der Waals surface area contributed by atoms with Crippen LogP contribution < -0.4 is 21.3 Å². The zero-order valence-electron chi connectivity index (χ0n) is 13.4. The number of nitrogens with one attached hydrogen (secondary N) is 1. The molecular weight excluding hydrogens is 306 g/mol. The summed E-state index contributed by atoms with van der Waals surface area (Å²) in [5.74, 6) is 5.49. The number of nitrogen functional groups attached to an aromatic ring is 1. The number of pyridine rings is 1. The van der Waals surface area contributed by atoms with Crippen molar-refractivity contribution >= 4 is 5.91 Å². The first-order valence-corrected chi connectivity index (χ1v) is 8.13. The van der Waals surface area contributed by atoms with Gasteiger partial charge in [0.2, 0.25) is 5.43 Å². The summed E-state index contributed by atoms with van der Waals surface area (Å²) >= 11 is 0. The molecule has 0 radical (unpaired) electrons. The van der Waals surface area contributed by atoms with Crippen LogP contribution in [0.4, 0.5) is 0 Å². The monoisotopic (exact) mass is 327 g/mol. The van der Waals surface area contributed by atoms with E-state index < -0.39 is 0 Å². The van der Waals surface area contributed by atoms with E-state index in [0.717, 1.165) is 35.9 Å². The Kier molecular flexibility index (Phi) is 4.84. The van der Waals surface area contributed by atoms with Gasteiger partial charge in [0, 0.05) is 18.3 Å². The Balaban J connectivity index is 1.83. The van der Waals surface area contributed by atoms with Crippen molar-refractivity contribution in [2.45, 2.75) is 38.3 Å². The van der Waals surface area contributed by atoms with Gasteiger partial charge in [0.15, 0.2) is 11.4 Å².